The number of H-pyrrole nitrogens is 1. The number of aromatic amines is 1. The largest absolute Gasteiger partial charge is 0.453 e. The van der Waals surface area contributed by atoms with Crippen LogP contribution in [0, 0.1) is 10.7 Å². The van der Waals surface area contributed by atoms with Crippen molar-refractivity contribution in [2.24, 2.45) is 11.0 Å². The Kier molecular flexibility index (Phi) is 3.56. The van der Waals surface area contributed by atoms with Crippen LogP contribution < -0.4 is 0 Å². The predicted octanol–water partition coefficient (Wildman–Crippen LogP) is 3.37. The van der Waals surface area contributed by atoms with Crippen LogP contribution in [-0.2, 0) is 6.18 Å². The fraction of sp³-hybridized carbons (Fsp3) is 0.700. The third-order valence-corrected chi connectivity index (χ3v) is 3.26. The van der Waals surface area contributed by atoms with Gasteiger partial charge < -0.3 is 0 Å². The zero-order chi connectivity index (χ0) is 13.3. The van der Waals surface area contributed by atoms with Crippen LogP contribution >= 0.6 is 12.2 Å². The molecule has 1 fully saturated rings. The van der Waals surface area contributed by atoms with Crippen LogP contribution in [0.15, 0.2) is 5.10 Å². The lowest BCUT2D eigenvalue weighted by Gasteiger charge is -2.19. The Bertz CT molecular complexity index is 504. The van der Waals surface area contributed by atoms with Crippen molar-refractivity contribution < 1.29 is 13.2 Å². The average Bonchev–Trinajstić information content (AvgIpc) is 2.63. The summed E-state index contributed by atoms with van der Waals surface area (Å²) in [5.74, 6) is -0.498. The van der Waals surface area contributed by atoms with Gasteiger partial charge in [-0.3, -0.25) is 0 Å². The van der Waals surface area contributed by atoms with E-state index in [0.29, 0.717) is 23.4 Å². The molecule has 0 atom stereocenters. The lowest BCUT2D eigenvalue weighted by Crippen LogP contribution is -2.17. The minimum atomic E-state index is -4.56. The van der Waals surface area contributed by atoms with E-state index >= 15 is 0 Å². The van der Waals surface area contributed by atoms with Crippen molar-refractivity contribution in [1.82, 2.24) is 14.9 Å². The van der Waals surface area contributed by atoms with Crippen LogP contribution in [0.25, 0.3) is 0 Å². The molecule has 1 aromatic rings. The molecule has 1 aliphatic carbocycles. The molecule has 0 spiro atoms. The Labute approximate surface area is 107 Å². The van der Waals surface area contributed by atoms with E-state index in [-0.39, 0.29) is 4.77 Å². The van der Waals surface area contributed by atoms with Gasteiger partial charge in [0.2, 0.25) is 4.77 Å². The number of nitrogens with one attached hydrogen (secondary N) is 1. The van der Waals surface area contributed by atoms with E-state index in [2.05, 4.69) is 22.2 Å². The molecule has 0 amide bonds. The van der Waals surface area contributed by atoms with Crippen LogP contribution in [0.5, 0.6) is 0 Å². The highest BCUT2D eigenvalue weighted by atomic mass is 32.1. The highest BCUT2D eigenvalue weighted by molar-refractivity contribution is 7.71. The van der Waals surface area contributed by atoms with Gasteiger partial charge in [0.25, 0.3) is 5.82 Å². The van der Waals surface area contributed by atoms with Crippen LogP contribution in [0.2, 0.25) is 0 Å². The van der Waals surface area contributed by atoms with Gasteiger partial charge in [-0.25, -0.2) is 5.10 Å². The molecule has 1 aromatic heterocycles. The molecule has 100 valence electrons. The standard InChI is InChI=1S/C10H13F3N4S/c1-6-2-4-7(5-3-6)16-17-8(10(11,12)13)14-15-9(17)18/h6H,2-5H2,1H3,(H,15,18). The summed E-state index contributed by atoms with van der Waals surface area (Å²) in [7, 11) is 0. The molecule has 1 aliphatic rings. The molecule has 0 unspecified atom stereocenters. The van der Waals surface area contributed by atoms with Crippen molar-refractivity contribution >= 4 is 17.9 Å². The number of nitrogens with zero attached hydrogens (tertiary/aromatic N) is 3. The lowest BCUT2D eigenvalue weighted by molar-refractivity contribution is -0.147. The minimum absolute atomic E-state index is 0.131. The molecule has 1 heterocycles. The van der Waals surface area contributed by atoms with Crippen LogP contribution in [0.1, 0.15) is 38.4 Å². The summed E-state index contributed by atoms with van der Waals surface area (Å²) in [4.78, 5) is 0. The number of alkyl halides is 3. The molecule has 4 nitrogen and oxygen atoms in total. The Morgan fingerprint density at radius 3 is 2.56 bits per heavy atom. The van der Waals surface area contributed by atoms with E-state index in [1.807, 2.05) is 0 Å². The van der Waals surface area contributed by atoms with E-state index < -0.39 is 12.0 Å². The minimum Gasteiger partial charge on any atom is -0.250 e. The SMILES string of the molecule is CC1CCC(=Nn2c(C(F)(F)F)n[nH]c2=S)CC1. The summed E-state index contributed by atoms with van der Waals surface area (Å²) in [5, 5.41) is 9.31. The van der Waals surface area contributed by atoms with Gasteiger partial charge in [0, 0.05) is 5.71 Å². The first-order valence-electron chi connectivity index (χ1n) is 5.69. The number of hydrogen-bond acceptors (Lipinski definition) is 3. The monoisotopic (exact) mass is 278 g/mol. The third kappa shape index (κ3) is 2.80. The third-order valence-electron chi connectivity index (χ3n) is 3.00. The van der Waals surface area contributed by atoms with E-state index in [4.69, 9.17) is 12.2 Å². The molecule has 2 rings (SSSR count). The van der Waals surface area contributed by atoms with Crippen molar-refractivity contribution in [3.8, 4) is 0 Å². The molecular weight excluding hydrogens is 265 g/mol. The zero-order valence-corrected chi connectivity index (χ0v) is 10.6. The second kappa shape index (κ2) is 4.83. The van der Waals surface area contributed by atoms with Gasteiger partial charge in [0.05, 0.1) is 0 Å². The highest BCUT2D eigenvalue weighted by Crippen LogP contribution is 2.28. The number of halogens is 3. The van der Waals surface area contributed by atoms with Crippen molar-refractivity contribution in [3.05, 3.63) is 10.6 Å². The topological polar surface area (TPSA) is 46.0 Å². The van der Waals surface area contributed by atoms with Crippen LogP contribution in [0.4, 0.5) is 13.2 Å². The lowest BCUT2D eigenvalue weighted by atomic mass is 9.90. The van der Waals surface area contributed by atoms with Crippen LogP contribution in [0.3, 0.4) is 0 Å². The Hall–Kier alpha value is -1.18. The van der Waals surface area contributed by atoms with Gasteiger partial charge in [-0.1, -0.05) is 6.92 Å². The normalized spacial score (nSPS) is 21.1. The fourth-order valence-corrected chi connectivity index (χ4v) is 2.08. The molecule has 0 radical (unpaired) electrons. The first-order valence-corrected chi connectivity index (χ1v) is 6.10. The number of hydrogen-bond donors (Lipinski definition) is 1. The summed E-state index contributed by atoms with van der Waals surface area (Å²) in [6, 6.07) is 0. The maximum Gasteiger partial charge on any atom is 0.453 e. The fourth-order valence-electron chi connectivity index (χ4n) is 1.90. The highest BCUT2D eigenvalue weighted by Gasteiger charge is 2.37. The smallest absolute Gasteiger partial charge is 0.250 e. The molecule has 8 heteroatoms. The van der Waals surface area contributed by atoms with Crippen molar-refractivity contribution in [2.45, 2.75) is 38.8 Å². The summed E-state index contributed by atoms with van der Waals surface area (Å²) in [5.41, 5.74) is 0.746. The average molecular weight is 278 g/mol. The molecule has 0 aromatic carbocycles. The van der Waals surface area contributed by atoms with E-state index in [9.17, 15) is 13.2 Å². The zero-order valence-electron chi connectivity index (χ0n) is 9.79. The Balaban J connectivity index is 2.32. The molecule has 18 heavy (non-hydrogen) atoms. The molecule has 0 bridgehead atoms. The van der Waals surface area contributed by atoms with E-state index in [1.54, 1.807) is 0 Å². The van der Waals surface area contributed by atoms with Crippen molar-refractivity contribution in [1.29, 1.82) is 0 Å². The van der Waals surface area contributed by atoms with Crippen molar-refractivity contribution in [2.75, 3.05) is 0 Å². The van der Waals surface area contributed by atoms with Gasteiger partial charge >= 0.3 is 6.18 Å². The van der Waals surface area contributed by atoms with Crippen LogP contribution in [-0.4, -0.2) is 20.6 Å². The molecule has 1 saturated carbocycles. The summed E-state index contributed by atoms with van der Waals surface area (Å²) >= 11 is 4.77. The summed E-state index contributed by atoms with van der Waals surface area (Å²) < 4.78 is 38.5. The van der Waals surface area contributed by atoms with Gasteiger partial charge in [-0.05, 0) is 43.8 Å². The Morgan fingerprint density at radius 2 is 2.00 bits per heavy atom. The van der Waals surface area contributed by atoms with E-state index in [1.165, 1.54) is 0 Å². The maximum absolute atomic E-state index is 12.7. The second-order valence-corrected chi connectivity index (χ2v) is 4.90. The first-order chi connectivity index (χ1) is 8.38. The van der Waals surface area contributed by atoms with Gasteiger partial charge in [0.15, 0.2) is 0 Å². The van der Waals surface area contributed by atoms with Gasteiger partial charge in [0.1, 0.15) is 0 Å². The first kappa shape index (κ1) is 13.3. The summed E-state index contributed by atoms with van der Waals surface area (Å²) in [6.07, 6.45) is -1.23. The second-order valence-electron chi connectivity index (χ2n) is 4.51. The number of aromatic nitrogens is 3. The molecular formula is C10H13F3N4S. The maximum atomic E-state index is 12.7. The molecule has 1 N–H and O–H groups in total. The van der Waals surface area contributed by atoms with Crippen molar-refractivity contribution in [3.63, 3.8) is 0 Å². The number of rotatable bonds is 1. The van der Waals surface area contributed by atoms with E-state index in [0.717, 1.165) is 18.6 Å². The summed E-state index contributed by atoms with van der Waals surface area (Å²) in [6.45, 7) is 2.13. The molecule has 0 saturated heterocycles. The van der Waals surface area contributed by atoms with Gasteiger partial charge in [-0.15, -0.1) is 5.10 Å². The quantitative estimate of drug-likeness (QED) is 0.800. The van der Waals surface area contributed by atoms with Gasteiger partial charge in [-0.2, -0.15) is 22.9 Å². The molecule has 0 aliphatic heterocycles. The predicted molar refractivity (Wildman–Crippen MR) is 62.9 cm³/mol. The Morgan fingerprint density at radius 1 is 1.39 bits per heavy atom.